The van der Waals surface area contributed by atoms with Gasteiger partial charge < -0.3 is 38.0 Å². The van der Waals surface area contributed by atoms with Gasteiger partial charge in [0.2, 0.25) is 5.91 Å². The Kier molecular flexibility index (Phi) is 16.1. The van der Waals surface area contributed by atoms with E-state index in [0.29, 0.717) is 25.4 Å². The number of carbonyl (C=O) groups is 1. The first-order valence-electron chi connectivity index (χ1n) is 7.64. The number of rotatable bonds is 13. The molecule has 0 spiro atoms. The van der Waals surface area contributed by atoms with E-state index in [0.717, 1.165) is 12.5 Å². The van der Waals surface area contributed by atoms with Crippen LogP contribution in [0.3, 0.4) is 0 Å². The lowest BCUT2D eigenvalue weighted by Crippen LogP contribution is -2.42. The van der Waals surface area contributed by atoms with Gasteiger partial charge in [0.1, 0.15) is 0 Å². The van der Waals surface area contributed by atoms with E-state index < -0.39 is 17.6 Å². The number of hydrogen-bond donors (Lipinski definition) is 2. The van der Waals surface area contributed by atoms with Crippen LogP contribution in [0, 0.1) is 0 Å². The van der Waals surface area contributed by atoms with E-state index in [4.69, 9.17) is 38.0 Å². The normalized spacial score (nSPS) is 11.8. The monoisotopic (exact) mass is 386 g/mol. The lowest BCUT2D eigenvalue weighted by atomic mass is 10.3. The minimum Gasteiger partial charge on any atom is -0.377 e. The molecule has 9 nitrogen and oxygen atoms in total. The highest BCUT2D eigenvalue weighted by atomic mass is 28.4. The molecule has 1 amide bonds. The predicted molar refractivity (Wildman–Crippen MR) is 95.3 cm³/mol. The van der Waals surface area contributed by atoms with Crippen LogP contribution >= 0.6 is 0 Å². The van der Waals surface area contributed by atoms with Crippen molar-refractivity contribution in [2.75, 3.05) is 49.2 Å². The van der Waals surface area contributed by atoms with Crippen molar-refractivity contribution >= 4 is 23.5 Å². The van der Waals surface area contributed by atoms with Crippen LogP contribution in [0.1, 0.15) is 19.3 Å². The van der Waals surface area contributed by atoms with Crippen LogP contribution in [0.4, 0.5) is 0 Å². The second kappa shape index (κ2) is 14.9. The Labute approximate surface area is 147 Å². The van der Waals surface area contributed by atoms with Crippen molar-refractivity contribution in [1.29, 1.82) is 0 Å². The van der Waals surface area contributed by atoms with E-state index in [1.54, 1.807) is 42.7 Å². The first-order chi connectivity index (χ1) is 11.3. The summed E-state index contributed by atoms with van der Waals surface area (Å²) >= 11 is 0. The van der Waals surface area contributed by atoms with Gasteiger partial charge in [0.25, 0.3) is 0 Å². The molecule has 0 aromatic carbocycles. The molecule has 146 valence electrons. The van der Waals surface area contributed by atoms with Crippen LogP contribution in [0.5, 0.6) is 0 Å². The fourth-order valence-corrected chi connectivity index (χ4v) is 5.38. The van der Waals surface area contributed by atoms with Crippen LogP contribution in [-0.4, -0.2) is 72.7 Å². The maximum absolute atomic E-state index is 10.5. The van der Waals surface area contributed by atoms with E-state index >= 15 is 0 Å². The van der Waals surface area contributed by atoms with E-state index in [2.05, 4.69) is 0 Å². The van der Waals surface area contributed by atoms with Crippen LogP contribution < -0.4 is 11.5 Å². The van der Waals surface area contributed by atoms with Crippen LogP contribution in [0.2, 0.25) is 12.1 Å². The predicted octanol–water partition coefficient (Wildman–Crippen LogP) is 0.343. The first kappa shape index (κ1) is 25.9. The highest BCUT2D eigenvalue weighted by Crippen LogP contribution is 2.16. The number of carbonyl (C=O) groups excluding carboxylic acids is 1. The molecule has 0 saturated heterocycles. The largest absolute Gasteiger partial charge is 0.500 e. The summed E-state index contributed by atoms with van der Waals surface area (Å²) < 4.78 is 31.0. The summed E-state index contributed by atoms with van der Waals surface area (Å²) in [5.41, 5.74) is 10.4. The average molecular weight is 387 g/mol. The lowest BCUT2D eigenvalue weighted by molar-refractivity contribution is -0.118. The summed E-state index contributed by atoms with van der Waals surface area (Å²) in [6.07, 6.45) is 1.85. The lowest BCUT2D eigenvalue weighted by Gasteiger charge is -2.23. The van der Waals surface area contributed by atoms with Crippen molar-refractivity contribution in [2.45, 2.75) is 31.4 Å². The second-order valence-corrected chi connectivity index (χ2v) is 11.0. The van der Waals surface area contributed by atoms with Crippen molar-refractivity contribution < 1.29 is 31.4 Å². The van der Waals surface area contributed by atoms with E-state index in [1.165, 1.54) is 0 Å². The summed E-state index contributed by atoms with van der Waals surface area (Å²) in [6.45, 7) is 0.644. The molecule has 0 rings (SSSR count). The van der Waals surface area contributed by atoms with Crippen molar-refractivity contribution in [2.24, 2.45) is 11.5 Å². The van der Waals surface area contributed by atoms with Gasteiger partial charge in [-0.25, -0.2) is 0 Å². The summed E-state index contributed by atoms with van der Waals surface area (Å²) in [5, 5.41) is 0. The Bertz CT molecular complexity index is 300. The van der Waals surface area contributed by atoms with Crippen molar-refractivity contribution in [3.8, 4) is 0 Å². The Hall–Kier alpha value is -0.376. The smallest absolute Gasteiger partial charge is 0.377 e. The number of amides is 1. The average Bonchev–Trinajstić information content (AvgIpc) is 2.61. The molecule has 0 aromatic heterocycles. The molecule has 0 aliphatic rings. The summed E-state index contributed by atoms with van der Waals surface area (Å²) in [7, 11) is 4.65. The molecule has 4 N–H and O–H groups in total. The van der Waals surface area contributed by atoms with Gasteiger partial charge in [-0.1, -0.05) is 0 Å². The molecular formula is C13H34N2O7Si2. The third-order valence-corrected chi connectivity index (χ3v) is 9.12. The SMILES string of the molecule is CO[Si](CCCC(N)=O)(OC)OC.CO[Si](CCCN)(OC)OC. The fraction of sp³-hybridized carbons (Fsp3) is 0.923. The molecule has 0 fully saturated rings. The molecule has 0 saturated carbocycles. The van der Waals surface area contributed by atoms with E-state index in [1.807, 2.05) is 0 Å². The van der Waals surface area contributed by atoms with Crippen LogP contribution in [0.15, 0.2) is 0 Å². The fourth-order valence-electron chi connectivity index (χ4n) is 1.91. The number of hydrogen-bond acceptors (Lipinski definition) is 8. The van der Waals surface area contributed by atoms with Gasteiger partial charge in [-0.15, -0.1) is 0 Å². The Morgan fingerprint density at radius 1 is 0.750 bits per heavy atom. The summed E-state index contributed by atoms with van der Waals surface area (Å²) in [6, 6.07) is 1.40. The molecule has 11 heteroatoms. The van der Waals surface area contributed by atoms with Crippen molar-refractivity contribution in [1.82, 2.24) is 0 Å². The van der Waals surface area contributed by atoms with E-state index in [-0.39, 0.29) is 5.91 Å². The molecule has 0 bridgehead atoms. The molecule has 0 radical (unpaired) electrons. The standard InChI is InChI=1S/C7H17NO4Si.C6H17NO3Si/c1-10-13(11-2,12-3)6-4-5-7(8)9;1-8-11(9-2,10-3)6-4-5-7/h4-6H2,1-3H3,(H2,8,9);4-7H2,1-3H3. The van der Waals surface area contributed by atoms with Gasteiger partial charge in [-0.05, 0) is 19.4 Å². The second-order valence-electron chi connectivity index (χ2n) is 4.80. The Balaban J connectivity index is 0. The Morgan fingerprint density at radius 3 is 1.33 bits per heavy atom. The molecule has 0 aromatic rings. The maximum atomic E-state index is 10.5. The maximum Gasteiger partial charge on any atom is 0.500 e. The minimum absolute atomic E-state index is 0.314. The molecule has 0 aliphatic heterocycles. The summed E-state index contributed by atoms with van der Waals surface area (Å²) in [5.74, 6) is -0.314. The minimum atomic E-state index is -2.49. The molecule has 0 aliphatic carbocycles. The van der Waals surface area contributed by atoms with Gasteiger partial charge in [0.15, 0.2) is 0 Å². The highest BCUT2D eigenvalue weighted by Gasteiger charge is 2.37. The number of primary amides is 1. The van der Waals surface area contributed by atoms with Gasteiger partial charge in [-0.2, -0.15) is 0 Å². The third kappa shape index (κ3) is 10.5. The molecule has 24 heavy (non-hydrogen) atoms. The third-order valence-electron chi connectivity index (χ3n) is 3.46. The summed E-state index contributed by atoms with van der Waals surface area (Å²) in [4.78, 5) is 10.5. The first-order valence-corrected chi connectivity index (χ1v) is 11.5. The zero-order chi connectivity index (χ0) is 19.1. The van der Waals surface area contributed by atoms with Crippen molar-refractivity contribution in [3.05, 3.63) is 0 Å². The van der Waals surface area contributed by atoms with Gasteiger partial charge in [0, 0.05) is 61.2 Å². The molecule has 0 atom stereocenters. The topological polar surface area (TPSA) is 124 Å². The van der Waals surface area contributed by atoms with Gasteiger partial charge in [0.05, 0.1) is 0 Å². The highest BCUT2D eigenvalue weighted by molar-refractivity contribution is 6.60. The van der Waals surface area contributed by atoms with Crippen molar-refractivity contribution in [3.63, 3.8) is 0 Å². The van der Waals surface area contributed by atoms with Crippen LogP contribution in [-0.2, 0) is 31.4 Å². The van der Waals surface area contributed by atoms with Gasteiger partial charge >= 0.3 is 17.6 Å². The van der Waals surface area contributed by atoms with Crippen LogP contribution in [0.25, 0.3) is 0 Å². The zero-order valence-electron chi connectivity index (χ0n) is 15.8. The Morgan fingerprint density at radius 2 is 1.08 bits per heavy atom. The molecule has 0 heterocycles. The quantitative estimate of drug-likeness (QED) is 0.434. The number of nitrogens with two attached hydrogens (primary N) is 2. The molecule has 0 unspecified atom stereocenters. The van der Waals surface area contributed by atoms with E-state index in [9.17, 15) is 4.79 Å². The molecular weight excluding hydrogens is 352 g/mol. The zero-order valence-corrected chi connectivity index (χ0v) is 17.8. The van der Waals surface area contributed by atoms with Gasteiger partial charge in [-0.3, -0.25) is 4.79 Å².